The lowest BCUT2D eigenvalue weighted by Crippen LogP contribution is -2.32. The van der Waals surface area contributed by atoms with Gasteiger partial charge in [0.2, 0.25) is 0 Å². The van der Waals surface area contributed by atoms with Crippen molar-refractivity contribution < 1.29 is 18.8 Å². The van der Waals surface area contributed by atoms with Crippen LogP contribution in [0.2, 0.25) is 0 Å². The van der Waals surface area contributed by atoms with Crippen LogP contribution in [0.25, 0.3) is 11.5 Å². The van der Waals surface area contributed by atoms with Gasteiger partial charge in [0.15, 0.2) is 5.82 Å². The lowest BCUT2D eigenvalue weighted by atomic mass is 10.1. The quantitative estimate of drug-likeness (QED) is 0.606. The van der Waals surface area contributed by atoms with Crippen molar-refractivity contribution in [1.82, 2.24) is 15.0 Å². The molecule has 1 aliphatic carbocycles. The highest BCUT2D eigenvalue weighted by atomic mass is 16.5. The number of rotatable bonds is 7. The van der Waals surface area contributed by atoms with Gasteiger partial charge >= 0.3 is 0 Å². The number of benzene rings is 2. The van der Waals surface area contributed by atoms with Crippen LogP contribution in [0.3, 0.4) is 0 Å². The Kier molecular flexibility index (Phi) is 5.20. The molecule has 0 N–H and O–H groups in total. The third-order valence-corrected chi connectivity index (χ3v) is 4.98. The van der Waals surface area contributed by atoms with E-state index in [-0.39, 0.29) is 11.9 Å². The molecule has 2 aromatic carbocycles. The fourth-order valence-electron chi connectivity index (χ4n) is 3.28. The van der Waals surface area contributed by atoms with E-state index in [0.717, 1.165) is 35.5 Å². The molecule has 0 atom stereocenters. The van der Waals surface area contributed by atoms with Gasteiger partial charge in [-0.1, -0.05) is 5.16 Å². The molecule has 1 aliphatic rings. The van der Waals surface area contributed by atoms with Crippen LogP contribution >= 0.6 is 0 Å². The van der Waals surface area contributed by atoms with E-state index >= 15 is 0 Å². The van der Waals surface area contributed by atoms with Crippen LogP contribution in [0.4, 0.5) is 0 Å². The molecule has 29 heavy (non-hydrogen) atoms. The first-order chi connectivity index (χ1) is 14.1. The van der Waals surface area contributed by atoms with E-state index in [2.05, 4.69) is 10.1 Å². The number of hydrogen-bond donors (Lipinski definition) is 0. The molecule has 0 bridgehead atoms. The zero-order valence-electron chi connectivity index (χ0n) is 16.7. The summed E-state index contributed by atoms with van der Waals surface area (Å²) in [6.07, 6.45) is 2.02. The molecule has 0 radical (unpaired) electrons. The van der Waals surface area contributed by atoms with Gasteiger partial charge < -0.3 is 18.9 Å². The molecule has 0 saturated heterocycles. The van der Waals surface area contributed by atoms with E-state index in [1.54, 1.807) is 33.3 Å². The number of carbonyl (C=O) groups is 1. The Bertz CT molecular complexity index is 1010. The summed E-state index contributed by atoms with van der Waals surface area (Å²) in [7, 11) is 3.26. The third kappa shape index (κ3) is 4.08. The number of ether oxygens (including phenoxy) is 2. The molecule has 3 aromatic rings. The molecule has 0 spiro atoms. The summed E-state index contributed by atoms with van der Waals surface area (Å²) >= 11 is 0. The maximum atomic E-state index is 13.2. The maximum Gasteiger partial charge on any atom is 0.257 e. The van der Waals surface area contributed by atoms with Crippen LogP contribution in [0.15, 0.2) is 47.0 Å². The zero-order valence-corrected chi connectivity index (χ0v) is 16.7. The van der Waals surface area contributed by atoms with Gasteiger partial charge in [-0.25, -0.2) is 0 Å². The van der Waals surface area contributed by atoms with Gasteiger partial charge in [-0.05, 0) is 62.2 Å². The number of carbonyl (C=O) groups excluding carboxylic acids is 1. The molecule has 1 amide bonds. The average Bonchev–Trinajstić information content (AvgIpc) is 3.51. The molecule has 150 valence electrons. The van der Waals surface area contributed by atoms with Crippen molar-refractivity contribution >= 4 is 5.91 Å². The Hall–Kier alpha value is -3.35. The van der Waals surface area contributed by atoms with Crippen molar-refractivity contribution in [3.8, 4) is 23.0 Å². The van der Waals surface area contributed by atoms with Gasteiger partial charge in [0.25, 0.3) is 11.8 Å². The summed E-state index contributed by atoms with van der Waals surface area (Å²) in [5.41, 5.74) is 2.33. The summed E-state index contributed by atoms with van der Waals surface area (Å²) < 4.78 is 16.0. The van der Waals surface area contributed by atoms with Crippen LogP contribution in [0.5, 0.6) is 11.5 Å². The summed E-state index contributed by atoms with van der Waals surface area (Å²) in [4.78, 5) is 19.4. The van der Waals surface area contributed by atoms with Crippen molar-refractivity contribution in [1.29, 1.82) is 0 Å². The molecule has 1 saturated carbocycles. The van der Waals surface area contributed by atoms with Crippen molar-refractivity contribution in [2.24, 2.45) is 0 Å². The molecule has 0 unspecified atom stereocenters. The minimum absolute atomic E-state index is 0.00867. The first-order valence-electron chi connectivity index (χ1n) is 9.51. The first kappa shape index (κ1) is 19.0. The zero-order chi connectivity index (χ0) is 20.4. The largest absolute Gasteiger partial charge is 0.497 e. The number of aryl methyl sites for hydroxylation is 1. The summed E-state index contributed by atoms with van der Waals surface area (Å²) in [5, 5.41) is 3.80. The highest BCUT2D eigenvalue weighted by molar-refractivity contribution is 5.95. The smallest absolute Gasteiger partial charge is 0.257 e. The highest BCUT2D eigenvalue weighted by Gasteiger charge is 2.33. The molecule has 1 fully saturated rings. The minimum Gasteiger partial charge on any atom is -0.497 e. The fourth-order valence-corrected chi connectivity index (χ4v) is 3.28. The molecular weight excluding hydrogens is 370 g/mol. The minimum atomic E-state index is -0.00867. The van der Waals surface area contributed by atoms with Crippen LogP contribution in [-0.2, 0) is 6.54 Å². The number of hydrogen-bond acceptors (Lipinski definition) is 6. The topological polar surface area (TPSA) is 77.7 Å². The average molecular weight is 393 g/mol. The van der Waals surface area contributed by atoms with Gasteiger partial charge in [0.1, 0.15) is 11.5 Å². The van der Waals surface area contributed by atoms with Gasteiger partial charge in [-0.15, -0.1) is 0 Å². The van der Waals surface area contributed by atoms with Crippen molar-refractivity contribution in [2.75, 3.05) is 14.2 Å². The normalized spacial score (nSPS) is 13.2. The number of amides is 1. The Labute approximate surface area is 169 Å². The highest BCUT2D eigenvalue weighted by Crippen LogP contribution is 2.33. The number of nitrogens with zero attached hydrogens (tertiary/aromatic N) is 3. The van der Waals surface area contributed by atoms with E-state index < -0.39 is 0 Å². The summed E-state index contributed by atoms with van der Waals surface area (Å²) in [6.45, 7) is 2.24. The van der Waals surface area contributed by atoms with Crippen molar-refractivity contribution in [3.05, 3.63) is 59.4 Å². The third-order valence-electron chi connectivity index (χ3n) is 4.98. The molecule has 0 aliphatic heterocycles. The van der Waals surface area contributed by atoms with E-state index in [1.807, 2.05) is 35.2 Å². The van der Waals surface area contributed by atoms with Crippen LogP contribution < -0.4 is 9.47 Å². The van der Waals surface area contributed by atoms with Gasteiger partial charge in [-0.3, -0.25) is 4.79 Å². The second kappa shape index (κ2) is 7.95. The predicted molar refractivity (Wildman–Crippen MR) is 107 cm³/mol. The van der Waals surface area contributed by atoms with E-state index in [9.17, 15) is 4.79 Å². The Morgan fingerprint density at radius 1 is 1.14 bits per heavy atom. The molecule has 4 rings (SSSR count). The van der Waals surface area contributed by atoms with Crippen LogP contribution in [-0.4, -0.2) is 41.2 Å². The maximum absolute atomic E-state index is 13.2. The molecule has 7 nitrogen and oxygen atoms in total. The van der Waals surface area contributed by atoms with Crippen LogP contribution in [0, 0.1) is 6.92 Å². The van der Waals surface area contributed by atoms with Gasteiger partial charge in [0, 0.05) is 22.7 Å². The number of aromatic nitrogens is 2. The van der Waals surface area contributed by atoms with E-state index in [4.69, 9.17) is 14.0 Å². The Morgan fingerprint density at radius 3 is 2.48 bits per heavy atom. The first-order valence-corrected chi connectivity index (χ1v) is 9.51. The Balaban J connectivity index is 1.57. The van der Waals surface area contributed by atoms with Gasteiger partial charge in [-0.2, -0.15) is 4.98 Å². The molecule has 1 heterocycles. The van der Waals surface area contributed by atoms with Crippen molar-refractivity contribution in [3.63, 3.8) is 0 Å². The SMILES string of the molecule is COc1ccc(OC)c(CN(C(=O)c2ccc(-c3nc(C)no3)cc2)C2CC2)c1. The lowest BCUT2D eigenvalue weighted by molar-refractivity contribution is 0.0728. The molecule has 1 aromatic heterocycles. The van der Waals surface area contributed by atoms with E-state index in [0.29, 0.717) is 23.8 Å². The second-order valence-corrected chi connectivity index (χ2v) is 7.07. The van der Waals surface area contributed by atoms with Crippen molar-refractivity contribution in [2.45, 2.75) is 32.4 Å². The standard InChI is InChI=1S/C22H23N3O4/c1-14-23-21(29-24-14)15-4-6-16(7-5-15)22(26)25(18-8-9-18)13-17-12-19(27-2)10-11-20(17)28-3/h4-7,10-12,18H,8-9,13H2,1-3H3. The molecular formula is C22H23N3O4. The monoisotopic (exact) mass is 393 g/mol. The van der Waals surface area contributed by atoms with Gasteiger partial charge in [0.05, 0.1) is 20.8 Å². The second-order valence-electron chi connectivity index (χ2n) is 7.07. The number of methoxy groups -OCH3 is 2. The predicted octanol–water partition coefficient (Wildman–Crippen LogP) is 3.87. The molecule has 7 heteroatoms. The Morgan fingerprint density at radius 2 is 1.90 bits per heavy atom. The lowest BCUT2D eigenvalue weighted by Gasteiger charge is -2.24. The van der Waals surface area contributed by atoms with E-state index in [1.165, 1.54) is 0 Å². The van der Waals surface area contributed by atoms with Crippen LogP contribution in [0.1, 0.15) is 34.6 Å². The summed E-state index contributed by atoms with van der Waals surface area (Å²) in [6, 6.07) is 13.1. The summed E-state index contributed by atoms with van der Waals surface area (Å²) in [5.74, 6) is 2.49. The fraction of sp³-hybridized carbons (Fsp3) is 0.318.